The Morgan fingerprint density at radius 2 is 1.74 bits per heavy atom. The number of allylic oxidation sites excluding steroid dienone is 1. The van der Waals surface area contributed by atoms with E-state index in [4.69, 9.17) is 4.74 Å². The highest BCUT2D eigenvalue weighted by atomic mass is 32.2. The van der Waals surface area contributed by atoms with Crippen molar-refractivity contribution in [3.05, 3.63) is 78.3 Å². The zero-order chi connectivity index (χ0) is 23.3. The monoisotopic (exact) mass is 490 g/mol. The van der Waals surface area contributed by atoms with Crippen molar-refractivity contribution in [2.45, 2.75) is 4.21 Å². The fraction of sp³-hybridized carbons (Fsp3) is 0.200. The van der Waals surface area contributed by atoms with Gasteiger partial charge in [-0.05, 0) is 36.4 Å². The van der Waals surface area contributed by atoms with Crippen molar-refractivity contribution in [1.82, 2.24) is 9.38 Å². The third kappa shape index (κ3) is 3.75. The van der Waals surface area contributed by atoms with Crippen molar-refractivity contribution in [2.24, 2.45) is 4.99 Å². The lowest BCUT2D eigenvalue weighted by Gasteiger charge is -2.29. The minimum absolute atomic E-state index is 0.352. The SMILES string of the molecule is CS(=O)(=O)c1ccc(-c2cnc3ccc(C4=CN=C4c4ccc(N5CCOCC5)cc4)cn23)s1. The molecule has 0 aliphatic carbocycles. The highest BCUT2D eigenvalue weighted by Gasteiger charge is 2.21. The molecule has 0 N–H and O–H groups in total. The lowest BCUT2D eigenvalue weighted by Crippen LogP contribution is -2.36. The van der Waals surface area contributed by atoms with E-state index in [9.17, 15) is 8.42 Å². The summed E-state index contributed by atoms with van der Waals surface area (Å²) in [6.45, 7) is 3.35. The summed E-state index contributed by atoms with van der Waals surface area (Å²) in [6, 6.07) is 16.0. The average molecular weight is 491 g/mol. The maximum Gasteiger partial charge on any atom is 0.184 e. The predicted octanol–water partition coefficient (Wildman–Crippen LogP) is 4.15. The molecule has 7 nitrogen and oxygen atoms in total. The third-order valence-corrected chi connectivity index (χ3v) is 9.04. The number of morpholine rings is 1. The van der Waals surface area contributed by atoms with Crippen LogP contribution in [0.2, 0.25) is 0 Å². The minimum Gasteiger partial charge on any atom is -0.378 e. The van der Waals surface area contributed by atoms with E-state index in [-0.39, 0.29) is 0 Å². The van der Waals surface area contributed by atoms with Crippen molar-refractivity contribution in [1.29, 1.82) is 0 Å². The number of hydrogen-bond donors (Lipinski definition) is 0. The Morgan fingerprint density at radius 3 is 2.41 bits per heavy atom. The van der Waals surface area contributed by atoms with Crippen LogP contribution in [0.25, 0.3) is 21.8 Å². The second kappa shape index (κ2) is 8.19. The van der Waals surface area contributed by atoms with Gasteiger partial charge >= 0.3 is 0 Å². The topological polar surface area (TPSA) is 76.3 Å². The van der Waals surface area contributed by atoms with Gasteiger partial charge in [0.25, 0.3) is 0 Å². The van der Waals surface area contributed by atoms with Crippen LogP contribution in [0.4, 0.5) is 5.69 Å². The highest BCUT2D eigenvalue weighted by Crippen LogP contribution is 2.33. The molecular weight excluding hydrogens is 468 g/mol. The van der Waals surface area contributed by atoms with Crippen LogP contribution in [0.5, 0.6) is 0 Å². The van der Waals surface area contributed by atoms with Gasteiger partial charge in [0.1, 0.15) is 9.86 Å². The van der Waals surface area contributed by atoms with Gasteiger partial charge in [-0.15, -0.1) is 11.3 Å². The van der Waals surface area contributed by atoms with Crippen LogP contribution in [0, 0.1) is 0 Å². The van der Waals surface area contributed by atoms with Gasteiger partial charge < -0.3 is 9.64 Å². The largest absolute Gasteiger partial charge is 0.378 e. The zero-order valence-electron chi connectivity index (χ0n) is 18.5. The van der Waals surface area contributed by atoms with Crippen LogP contribution in [0.3, 0.4) is 0 Å². The number of anilines is 1. The molecule has 0 unspecified atom stereocenters. The second-order valence-electron chi connectivity index (χ2n) is 8.35. The Hall–Kier alpha value is -3.27. The molecule has 4 aromatic rings. The number of sulfone groups is 1. The zero-order valence-corrected chi connectivity index (χ0v) is 20.1. The van der Waals surface area contributed by atoms with Crippen molar-refractivity contribution in [2.75, 3.05) is 37.5 Å². The van der Waals surface area contributed by atoms with E-state index in [1.54, 1.807) is 12.3 Å². The molecule has 0 bridgehead atoms. The Labute approximate surface area is 201 Å². The van der Waals surface area contributed by atoms with E-state index >= 15 is 0 Å². The first-order valence-electron chi connectivity index (χ1n) is 11.0. The Morgan fingerprint density at radius 1 is 0.971 bits per heavy atom. The molecule has 6 rings (SSSR count). The van der Waals surface area contributed by atoms with Crippen molar-refractivity contribution >= 4 is 43.8 Å². The van der Waals surface area contributed by atoms with E-state index in [1.165, 1.54) is 23.3 Å². The number of fused-ring (bicyclic) bond motifs is 1. The molecule has 1 saturated heterocycles. The first-order chi connectivity index (χ1) is 16.5. The molecule has 9 heteroatoms. The van der Waals surface area contributed by atoms with Crippen LogP contribution in [-0.2, 0) is 14.6 Å². The van der Waals surface area contributed by atoms with E-state index in [0.29, 0.717) is 4.21 Å². The molecule has 172 valence electrons. The number of hydrogen-bond acceptors (Lipinski definition) is 7. The molecule has 0 atom stereocenters. The van der Waals surface area contributed by atoms with Gasteiger partial charge in [-0.3, -0.25) is 9.39 Å². The summed E-state index contributed by atoms with van der Waals surface area (Å²) in [5.74, 6) is 0. The number of imidazole rings is 1. The van der Waals surface area contributed by atoms with E-state index in [1.807, 2.05) is 35.0 Å². The van der Waals surface area contributed by atoms with Gasteiger partial charge in [0.2, 0.25) is 0 Å². The smallest absolute Gasteiger partial charge is 0.184 e. The summed E-state index contributed by atoms with van der Waals surface area (Å²) < 4.78 is 31.6. The number of nitrogens with zero attached hydrogens (tertiary/aromatic N) is 4. The maximum absolute atomic E-state index is 11.9. The third-order valence-electron chi connectivity index (χ3n) is 6.11. The van der Waals surface area contributed by atoms with Gasteiger partial charge in [-0.2, -0.15) is 0 Å². The number of rotatable bonds is 5. The minimum atomic E-state index is -3.24. The van der Waals surface area contributed by atoms with Crippen LogP contribution in [-0.4, -0.2) is 56.1 Å². The molecule has 1 fully saturated rings. The van der Waals surface area contributed by atoms with Gasteiger partial charge in [0, 0.05) is 54.1 Å². The molecule has 3 aromatic heterocycles. The van der Waals surface area contributed by atoms with Crippen molar-refractivity contribution < 1.29 is 13.2 Å². The molecule has 34 heavy (non-hydrogen) atoms. The van der Waals surface area contributed by atoms with Gasteiger partial charge in [0.05, 0.1) is 35.7 Å². The first kappa shape index (κ1) is 21.3. The quantitative estimate of drug-likeness (QED) is 0.420. The molecule has 2 aliphatic rings. The Balaban J connectivity index is 1.28. The van der Waals surface area contributed by atoms with Gasteiger partial charge in [-0.25, -0.2) is 13.4 Å². The average Bonchev–Trinajstić information content (AvgIpc) is 3.46. The predicted molar refractivity (Wildman–Crippen MR) is 136 cm³/mol. The van der Waals surface area contributed by atoms with Gasteiger partial charge in [0.15, 0.2) is 9.84 Å². The first-order valence-corrected chi connectivity index (χ1v) is 13.7. The molecule has 0 radical (unpaired) electrons. The summed E-state index contributed by atoms with van der Waals surface area (Å²) in [4.78, 5) is 12.2. The number of benzene rings is 1. The van der Waals surface area contributed by atoms with Gasteiger partial charge in [-0.1, -0.05) is 12.1 Å². The maximum atomic E-state index is 11.9. The van der Waals surface area contributed by atoms with Crippen LogP contribution < -0.4 is 4.90 Å². The summed E-state index contributed by atoms with van der Waals surface area (Å²) in [5.41, 5.74) is 7.02. The number of aromatic nitrogens is 2. The van der Waals surface area contributed by atoms with Crippen molar-refractivity contribution in [3.63, 3.8) is 0 Å². The highest BCUT2D eigenvalue weighted by molar-refractivity contribution is 7.92. The summed E-state index contributed by atoms with van der Waals surface area (Å²) in [7, 11) is -3.24. The lowest BCUT2D eigenvalue weighted by molar-refractivity contribution is 0.122. The fourth-order valence-electron chi connectivity index (χ4n) is 4.27. The Kier molecular flexibility index (Phi) is 5.13. The standard InChI is InChI=1S/C25H22N4O3S2/c1-34(30,31)24-9-7-22(33-24)21-15-26-23-8-4-18(16-29(21)23)20-14-27-25(20)17-2-5-19(6-3-17)28-10-12-32-13-11-28/h2-9,14-16H,10-13H2,1H3. The fourth-order valence-corrected chi connectivity index (χ4v) is 6.20. The number of ether oxygens (including phenoxy) is 1. The summed E-state index contributed by atoms with van der Waals surface area (Å²) in [6.07, 6.45) is 6.94. The summed E-state index contributed by atoms with van der Waals surface area (Å²) >= 11 is 1.26. The molecular formula is C25H22N4O3S2. The van der Waals surface area contributed by atoms with E-state index in [0.717, 1.165) is 64.9 Å². The van der Waals surface area contributed by atoms with Crippen LogP contribution in [0.15, 0.2) is 76.3 Å². The normalized spacial score (nSPS) is 16.3. The number of aliphatic imine (C=N–C) groups is 1. The Bertz CT molecular complexity index is 1560. The van der Waals surface area contributed by atoms with Crippen LogP contribution >= 0.6 is 11.3 Å². The van der Waals surface area contributed by atoms with Crippen molar-refractivity contribution in [3.8, 4) is 10.6 Å². The molecule has 5 heterocycles. The van der Waals surface area contributed by atoms with E-state index < -0.39 is 9.84 Å². The molecule has 1 aromatic carbocycles. The summed E-state index contributed by atoms with van der Waals surface area (Å²) in [5, 5.41) is 0. The van der Waals surface area contributed by atoms with Crippen LogP contribution in [0.1, 0.15) is 11.1 Å². The number of pyridine rings is 1. The van der Waals surface area contributed by atoms with E-state index in [2.05, 4.69) is 39.1 Å². The molecule has 0 spiro atoms. The lowest BCUT2D eigenvalue weighted by atomic mass is 9.94. The second-order valence-corrected chi connectivity index (χ2v) is 11.7. The molecule has 0 amide bonds. The molecule has 2 aliphatic heterocycles. The number of thiophene rings is 1. The molecule has 0 saturated carbocycles.